The van der Waals surface area contributed by atoms with Crippen LogP contribution < -0.4 is 5.32 Å². The van der Waals surface area contributed by atoms with E-state index in [2.05, 4.69) is 29.4 Å². The van der Waals surface area contributed by atoms with Crippen LogP contribution in [0.25, 0.3) is 0 Å². The first-order valence-corrected chi connectivity index (χ1v) is 4.93. The predicted octanol–water partition coefficient (Wildman–Crippen LogP) is 2.18. The number of hydrogen-bond donors (Lipinski definition) is 1. The molecule has 0 saturated heterocycles. The van der Waals surface area contributed by atoms with E-state index in [4.69, 9.17) is 0 Å². The zero-order chi connectivity index (χ0) is 9.52. The van der Waals surface area contributed by atoms with Crippen molar-refractivity contribution in [3.8, 4) is 0 Å². The van der Waals surface area contributed by atoms with E-state index in [-0.39, 0.29) is 0 Å². The number of likely N-dealkylation sites (N-methyl/N-ethyl adjacent to an activating group) is 1. The average Bonchev–Trinajstić information content (AvgIpc) is 2.19. The third kappa shape index (κ3) is 3.15. The van der Waals surface area contributed by atoms with Crippen molar-refractivity contribution >= 4 is 0 Å². The van der Waals surface area contributed by atoms with Crippen molar-refractivity contribution in [1.82, 2.24) is 10.3 Å². The SMILES string of the molecule is CCCC(CNC)c1ccncc1. The number of hydrogen-bond acceptors (Lipinski definition) is 2. The van der Waals surface area contributed by atoms with Crippen molar-refractivity contribution < 1.29 is 0 Å². The van der Waals surface area contributed by atoms with Crippen LogP contribution in [-0.2, 0) is 0 Å². The van der Waals surface area contributed by atoms with Crippen molar-refractivity contribution in [2.75, 3.05) is 13.6 Å². The van der Waals surface area contributed by atoms with Gasteiger partial charge in [-0.05, 0) is 37.1 Å². The highest BCUT2D eigenvalue weighted by molar-refractivity contribution is 5.15. The number of nitrogens with one attached hydrogen (secondary N) is 1. The van der Waals surface area contributed by atoms with E-state index < -0.39 is 0 Å². The molecule has 0 spiro atoms. The predicted molar refractivity (Wildman–Crippen MR) is 55.8 cm³/mol. The van der Waals surface area contributed by atoms with Crippen LogP contribution in [0, 0.1) is 0 Å². The Hall–Kier alpha value is -0.890. The fourth-order valence-corrected chi connectivity index (χ4v) is 1.62. The maximum absolute atomic E-state index is 4.03. The van der Waals surface area contributed by atoms with Crippen LogP contribution in [0.4, 0.5) is 0 Å². The van der Waals surface area contributed by atoms with Gasteiger partial charge in [-0.15, -0.1) is 0 Å². The van der Waals surface area contributed by atoms with E-state index >= 15 is 0 Å². The molecule has 0 fully saturated rings. The lowest BCUT2D eigenvalue weighted by molar-refractivity contribution is 0.575. The van der Waals surface area contributed by atoms with Gasteiger partial charge in [-0.3, -0.25) is 4.98 Å². The van der Waals surface area contributed by atoms with Gasteiger partial charge < -0.3 is 5.32 Å². The Morgan fingerprint density at radius 3 is 2.62 bits per heavy atom. The summed E-state index contributed by atoms with van der Waals surface area (Å²) in [6, 6.07) is 4.22. The van der Waals surface area contributed by atoms with Gasteiger partial charge in [0.15, 0.2) is 0 Å². The summed E-state index contributed by atoms with van der Waals surface area (Å²) in [5.41, 5.74) is 1.39. The van der Waals surface area contributed by atoms with E-state index in [9.17, 15) is 0 Å². The molecule has 0 saturated carbocycles. The molecule has 1 heterocycles. The largest absolute Gasteiger partial charge is 0.319 e. The summed E-state index contributed by atoms with van der Waals surface area (Å²) < 4.78 is 0. The molecule has 0 aliphatic rings. The zero-order valence-electron chi connectivity index (χ0n) is 8.46. The monoisotopic (exact) mass is 178 g/mol. The molecule has 1 aromatic heterocycles. The fourth-order valence-electron chi connectivity index (χ4n) is 1.62. The molecule has 1 atom stereocenters. The molecule has 13 heavy (non-hydrogen) atoms. The molecule has 1 unspecified atom stereocenters. The van der Waals surface area contributed by atoms with E-state index in [1.807, 2.05) is 19.4 Å². The highest BCUT2D eigenvalue weighted by Crippen LogP contribution is 2.19. The van der Waals surface area contributed by atoms with Crippen LogP contribution in [0.3, 0.4) is 0 Å². The number of aromatic nitrogens is 1. The fraction of sp³-hybridized carbons (Fsp3) is 0.545. The van der Waals surface area contributed by atoms with E-state index in [0.717, 1.165) is 6.54 Å². The first-order valence-electron chi connectivity index (χ1n) is 4.93. The van der Waals surface area contributed by atoms with E-state index in [1.165, 1.54) is 18.4 Å². The first-order chi connectivity index (χ1) is 6.38. The van der Waals surface area contributed by atoms with Crippen molar-refractivity contribution in [1.29, 1.82) is 0 Å². The minimum absolute atomic E-state index is 0.637. The Kier molecular flexibility index (Phi) is 4.47. The lowest BCUT2D eigenvalue weighted by Crippen LogP contribution is -2.17. The van der Waals surface area contributed by atoms with E-state index in [1.54, 1.807) is 0 Å². The quantitative estimate of drug-likeness (QED) is 0.747. The van der Waals surface area contributed by atoms with E-state index in [0.29, 0.717) is 5.92 Å². The molecule has 0 aliphatic carbocycles. The lowest BCUT2D eigenvalue weighted by Gasteiger charge is -2.15. The van der Waals surface area contributed by atoms with Crippen LogP contribution >= 0.6 is 0 Å². The lowest BCUT2D eigenvalue weighted by atomic mass is 9.95. The molecule has 72 valence electrons. The van der Waals surface area contributed by atoms with Crippen LogP contribution in [0.2, 0.25) is 0 Å². The molecule has 1 N–H and O–H groups in total. The molecule has 1 aromatic rings. The Labute approximate surface area is 80.4 Å². The smallest absolute Gasteiger partial charge is 0.0270 e. The maximum atomic E-state index is 4.03. The summed E-state index contributed by atoms with van der Waals surface area (Å²) in [5.74, 6) is 0.637. The number of pyridine rings is 1. The van der Waals surface area contributed by atoms with Crippen molar-refractivity contribution in [2.45, 2.75) is 25.7 Å². The summed E-state index contributed by atoms with van der Waals surface area (Å²) in [4.78, 5) is 4.03. The second-order valence-corrected chi connectivity index (χ2v) is 3.32. The van der Waals surface area contributed by atoms with Crippen LogP contribution in [-0.4, -0.2) is 18.6 Å². The minimum Gasteiger partial charge on any atom is -0.319 e. The number of nitrogens with zero attached hydrogens (tertiary/aromatic N) is 1. The molecule has 0 radical (unpaired) electrons. The standard InChI is InChI=1S/C11H18N2/c1-3-4-11(9-12-2)10-5-7-13-8-6-10/h5-8,11-12H,3-4,9H2,1-2H3. The van der Waals surface area contributed by atoms with Crippen molar-refractivity contribution in [3.05, 3.63) is 30.1 Å². The summed E-state index contributed by atoms with van der Waals surface area (Å²) in [5, 5.41) is 3.23. The Morgan fingerprint density at radius 1 is 1.38 bits per heavy atom. The van der Waals surface area contributed by atoms with Crippen LogP contribution in [0.15, 0.2) is 24.5 Å². The minimum atomic E-state index is 0.637. The van der Waals surface area contributed by atoms with Gasteiger partial charge in [0.1, 0.15) is 0 Å². The summed E-state index contributed by atoms with van der Waals surface area (Å²) in [6.45, 7) is 3.28. The average molecular weight is 178 g/mol. The van der Waals surface area contributed by atoms with Gasteiger partial charge in [0.25, 0.3) is 0 Å². The van der Waals surface area contributed by atoms with Gasteiger partial charge in [-0.25, -0.2) is 0 Å². The molecule has 0 amide bonds. The molecular formula is C11H18N2. The third-order valence-corrected chi connectivity index (χ3v) is 2.27. The summed E-state index contributed by atoms with van der Waals surface area (Å²) in [6.07, 6.45) is 6.21. The first kappa shape index (κ1) is 10.2. The van der Waals surface area contributed by atoms with Gasteiger partial charge in [0.05, 0.1) is 0 Å². The normalized spacial score (nSPS) is 12.8. The Morgan fingerprint density at radius 2 is 2.08 bits per heavy atom. The van der Waals surface area contributed by atoms with Gasteiger partial charge >= 0.3 is 0 Å². The van der Waals surface area contributed by atoms with Gasteiger partial charge in [0, 0.05) is 18.9 Å². The van der Waals surface area contributed by atoms with Crippen LogP contribution in [0.5, 0.6) is 0 Å². The highest BCUT2D eigenvalue weighted by atomic mass is 14.8. The molecule has 1 rings (SSSR count). The number of rotatable bonds is 5. The van der Waals surface area contributed by atoms with Gasteiger partial charge in [-0.1, -0.05) is 13.3 Å². The molecule has 2 heteroatoms. The third-order valence-electron chi connectivity index (χ3n) is 2.27. The summed E-state index contributed by atoms with van der Waals surface area (Å²) >= 11 is 0. The van der Waals surface area contributed by atoms with Gasteiger partial charge in [-0.2, -0.15) is 0 Å². The highest BCUT2D eigenvalue weighted by Gasteiger charge is 2.08. The Balaban J connectivity index is 2.64. The summed E-state index contributed by atoms with van der Waals surface area (Å²) in [7, 11) is 2.00. The second-order valence-electron chi connectivity index (χ2n) is 3.32. The molecule has 2 nitrogen and oxygen atoms in total. The molecule has 0 aliphatic heterocycles. The zero-order valence-corrected chi connectivity index (χ0v) is 8.46. The Bertz CT molecular complexity index is 215. The molecular weight excluding hydrogens is 160 g/mol. The molecule has 0 aromatic carbocycles. The van der Waals surface area contributed by atoms with Crippen molar-refractivity contribution in [3.63, 3.8) is 0 Å². The van der Waals surface area contributed by atoms with Crippen molar-refractivity contribution in [2.24, 2.45) is 0 Å². The topological polar surface area (TPSA) is 24.9 Å². The van der Waals surface area contributed by atoms with Crippen LogP contribution in [0.1, 0.15) is 31.2 Å². The maximum Gasteiger partial charge on any atom is 0.0270 e. The van der Waals surface area contributed by atoms with Gasteiger partial charge in [0.2, 0.25) is 0 Å². The molecule has 0 bridgehead atoms. The second kappa shape index (κ2) is 5.70.